The molecule has 4 aliphatic rings. The Morgan fingerprint density at radius 3 is 2.37 bits per heavy atom. The molecular weight excluding hydrogens is 536 g/mol. The van der Waals surface area contributed by atoms with Crippen molar-refractivity contribution in [3.05, 3.63) is 0 Å². The van der Waals surface area contributed by atoms with Crippen molar-refractivity contribution in [3.63, 3.8) is 0 Å². The first-order chi connectivity index (χ1) is 17.4. The van der Waals surface area contributed by atoms with E-state index in [0.29, 0.717) is 25.8 Å². The minimum Gasteiger partial charge on any atom is -0.458 e. The second-order valence-corrected chi connectivity index (χ2v) is 13.0. The van der Waals surface area contributed by atoms with Gasteiger partial charge < -0.3 is 23.7 Å². The number of likely N-dealkylation sites (tertiary alicyclic amines) is 1. The molecule has 0 spiro atoms. The molecule has 15 heteroatoms. The highest BCUT2D eigenvalue weighted by Gasteiger charge is 2.63. The molecule has 7 unspecified atom stereocenters. The van der Waals surface area contributed by atoms with Crippen molar-refractivity contribution in [1.82, 2.24) is 4.90 Å². The quantitative estimate of drug-likeness (QED) is 0.272. The molecule has 0 radical (unpaired) electrons. The Kier molecular flexibility index (Phi) is 7.47. The van der Waals surface area contributed by atoms with E-state index in [0.717, 1.165) is 0 Å². The van der Waals surface area contributed by atoms with E-state index in [-0.39, 0.29) is 18.9 Å². The maximum Gasteiger partial charge on any atom is 0.411 e. The predicted molar refractivity (Wildman–Crippen MR) is 122 cm³/mol. The number of hydrogen-bond acceptors (Lipinski definition) is 10. The van der Waals surface area contributed by atoms with Crippen LogP contribution in [0.1, 0.15) is 53.4 Å². The van der Waals surface area contributed by atoms with Gasteiger partial charge in [-0.15, -0.1) is 0 Å². The summed E-state index contributed by atoms with van der Waals surface area (Å²) >= 11 is 0. The number of alkyl halides is 2. The molecule has 0 aromatic heterocycles. The summed E-state index contributed by atoms with van der Waals surface area (Å²) in [7, 11) is -5.72. The van der Waals surface area contributed by atoms with Gasteiger partial charge in [-0.3, -0.25) is 14.2 Å². The van der Waals surface area contributed by atoms with Gasteiger partial charge in [0.15, 0.2) is 6.61 Å². The molecule has 0 aromatic rings. The van der Waals surface area contributed by atoms with Crippen molar-refractivity contribution in [1.29, 1.82) is 0 Å². The third kappa shape index (κ3) is 5.75. The molecular formula is C23H33F2NO11S. The zero-order valence-electron chi connectivity index (χ0n) is 21.6. The predicted octanol–water partition coefficient (Wildman–Crippen LogP) is 2.11. The van der Waals surface area contributed by atoms with Gasteiger partial charge in [-0.25, -0.2) is 9.59 Å². The van der Waals surface area contributed by atoms with E-state index >= 15 is 0 Å². The molecule has 1 amide bonds. The number of fused-ring (bicyclic) bond motifs is 5. The number of halogens is 2. The molecule has 7 atom stereocenters. The number of rotatable bonds is 7. The van der Waals surface area contributed by atoms with Gasteiger partial charge in [-0.05, 0) is 59.3 Å². The molecule has 2 heterocycles. The lowest BCUT2D eigenvalue weighted by Crippen LogP contribution is -2.45. The molecule has 4 rings (SSSR count). The number of amides is 1. The van der Waals surface area contributed by atoms with E-state index in [2.05, 4.69) is 4.74 Å². The van der Waals surface area contributed by atoms with Gasteiger partial charge in [0.2, 0.25) is 5.79 Å². The van der Waals surface area contributed by atoms with Gasteiger partial charge in [0.25, 0.3) is 0 Å². The zero-order chi connectivity index (χ0) is 28.3. The van der Waals surface area contributed by atoms with Gasteiger partial charge in [0.1, 0.15) is 18.2 Å². The fraction of sp³-hybridized carbons (Fsp3) is 0.870. The first-order valence-corrected chi connectivity index (χ1v) is 13.9. The van der Waals surface area contributed by atoms with Crippen LogP contribution < -0.4 is 0 Å². The normalized spacial score (nSPS) is 34.8. The summed E-state index contributed by atoms with van der Waals surface area (Å²) in [6.07, 6.45) is 0.242. The van der Waals surface area contributed by atoms with Crippen LogP contribution in [-0.4, -0.2) is 90.6 Å². The lowest BCUT2D eigenvalue weighted by atomic mass is 9.85. The Morgan fingerprint density at radius 1 is 1.08 bits per heavy atom. The molecule has 2 aliphatic carbocycles. The average Bonchev–Trinajstić information content (AvgIpc) is 3.54. The van der Waals surface area contributed by atoms with Crippen LogP contribution >= 0.6 is 0 Å². The highest BCUT2D eigenvalue weighted by Crippen LogP contribution is 2.56. The van der Waals surface area contributed by atoms with E-state index in [9.17, 15) is 31.6 Å². The first kappa shape index (κ1) is 28.9. The number of nitrogens with zero attached hydrogens (tertiary/aromatic N) is 1. The van der Waals surface area contributed by atoms with Crippen LogP contribution in [0.15, 0.2) is 0 Å². The maximum atomic E-state index is 13.5. The Hall–Kier alpha value is -2.10. The molecule has 2 saturated heterocycles. The number of carbonyl (C=O) groups is 3. The van der Waals surface area contributed by atoms with Crippen molar-refractivity contribution < 1.29 is 59.8 Å². The lowest BCUT2D eigenvalue weighted by molar-refractivity contribution is -0.209. The molecule has 0 aromatic carbocycles. The van der Waals surface area contributed by atoms with E-state index < -0.39 is 81.5 Å². The van der Waals surface area contributed by atoms with Crippen molar-refractivity contribution in [2.45, 2.75) is 88.3 Å². The summed E-state index contributed by atoms with van der Waals surface area (Å²) < 4.78 is 84.5. The highest BCUT2D eigenvalue weighted by molar-refractivity contribution is 7.86. The Bertz CT molecular complexity index is 1080. The van der Waals surface area contributed by atoms with E-state index in [1.54, 1.807) is 27.7 Å². The Balaban J connectivity index is 1.31. The SMILES string of the molecule is CC(C)(C)OC(=O)N1CCCC1C(=O)OCC1(C)OC2C3CC(C(=O)OCC(F)(F)S(=O)(=O)O)C(C3)C2O1. The van der Waals surface area contributed by atoms with Gasteiger partial charge in [-0.1, -0.05) is 0 Å². The van der Waals surface area contributed by atoms with Crippen LogP contribution in [0.4, 0.5) is 13.6 Å². The van der Waals surface area contributed by atoms with E-state index in [1.165, 1.54) is 4.90 Å². The topological polar surface area (TPSA) is 155 Å². The minimum absolute atomic E-state index is 0.139. The number of ether oxygens (including phenoxy) is 5. The summed E-state index contributed by atoms with van der Waals surface area (Å²) in [5.74, 6) is -4.33. The summed E-state index contributed by atoms with van der Waals surface area (Å²) in [4.78, 5) is 39.1. The number of hydrogen-bond donors (Lipinski definition) is 1. The van der Waals surface area contributed by atoms with E-state index in [1.807, 2.05) is 0 Å². The minimum atomic E-state index is -5.72. The molecule has 2 aliphatic heterocycles. The van der Waals surface area contributed by atoms with Crippen LogP contribution in [-0.2, 0) is 43.4 Å². The van der Waals surface area contributed by atoms with Crippen LogP contribution in [0, 0.1) is 17.8 Å². The molecule has 38 heavy (non-hydrogen) atoms. The summed E-state index contributed by atoms with van der Waals surface area (Å²) in [6.45, 7) is 5.07. The van der Waals surface area contributed by atoms with Crippen LogP contribution in [0.2, 0.25) is 0 Å². The van der Waals surface area contributed by atoms with Crippen LogP contribution in [0.5, 0.6) is 0 Å². The van der Waals surface area contributed by atoms with Crippen LogP contribution in [0.3, 0.4) is 0 Å². The summed E-state index contributed by atoms with van der Waals surface area (Å²) in [5, 5.41) is -4.61. The summed E-state index contributed by atoms with van der Waals surface area (Å²) in [6, 6.07) is -0.800. The standard InChI is InChI=1S/C23H33F2NO11S/c1-21(2,3)37-20(29)26-7-5-6-15(26)19(28)33-10-22(4)35-16-12-8-13(17(16)36-22)14(9-12)18(27)34-11-23(24,25)38(30,31)32/h12-17H,5-11H2,1-4H3,(H,30,31,32). The van der Waals surface area contributed by atoms with Crippen molar-refractivity contribution >= 4 is 28.1 Å². The largest absolute Gasteiger partial charge is 0.458 e. The second kappa shape index (κ2) is 9.82. The third-order valence-electron chi connectivity index (χ3n) is 7.32. The number of esters is 2. The summed E-state index contributed by atoms with van der Waals surface area (Å²) in [5.41, 5.74) is -0.716. The van der Waals surface area contributed by atoms with Crippen molar-refractivity contribution in [3.8, 4) is 0 Å². The highest BCUT2D eigenvalue weighted by atomic mass is 32.2. The van der Waals surface area contributed by atoms with Gasteiger partial charge in [-0.2, -0.15) is 17.2 Å². The first-order valence-electron chi connectivity index (χ1n) is 12.4. The molecule has 2 bridgehead atoms. The molecule has 12 nitrogen and oxygen atoms in total. The smallest absolute Gasteiger partial charge is 0.411 e. The lowest BCUT2D eigenvalue weighted by Gasteiger charge is -2.29. The zero-order valence-corrected chi connectivity index (χ0v) is 22.4. The monoisotopic (exact) mass is 569 g/mol. The fourth-order valence-electron chi connectivity index (χ4n) is 5.70. The van der Waals surface area contributed by atoms with Crippen molar-refractivity contribution in [2.75, 3.05) is 19.8 Å². The van der Waals surface area contributed by atoms with E-state index in [4.69, 9.17) is 23.5 Å². The fourth-order valence-corrected chi connectivity index (χ4v) is 5.91. The van der Waals surface area contributed by atoms with Crippen LogP contribution in [0.25, 0.3) is 0 Å². The molecule has 2 saturated carbocycles. The molecule has 216 valence electrons. The maximum absolute atomic E-state index is 13.5. The Labute approximate surface area is 219 Å². The second-order valence-electron chi connectivity index (χ2n) is 11.5. The molecule has 1 N–H and O–H groups in total. The van der Waals surface area contributed by atoms with Gasteiger partial charge >= 0.3 is 33.4 Å². The molecule has 4 fully saturated rings. The van der Waals surface area contributed by atoms with Crippen molar-refractivity contribution in [2.24, 2.45) is 17.8 Å². The third-order valence-corrected chi connectivity index (χ3v) is 8.19. The number of carbonyl (C=O) groups excluding carboxylic acids is 3. The van der Waals surface area contributed by atoms with Gasteiger partial charge in [0.05, 0.1) is 18.1 Å². The Morgan fingerprint density at radius 2 is 1.74 bits per heavy atom. The van der Waals surface area contributed by atoms with Gasteiger partial charge in [0, 0.05) is 12.5 Å². The average molecular weight is 570 g/mol.